The number of rotatable bonds is 9. The lowest BCUT2D eigenvalue weighted by Gasteiger charge is -2.20. The van der Waals surface area contributed by atoms with E-state index in [1.165, 1.54) is 5.56 Å². The zero-order chi connectivity index (χ0) is 18.1. The summed E-state index contributed by atoms with van der Waals surface area (Å²) in [5.41, 5.74) is 3.38. The Bertz CT molecular complexity index is 528. The third-order valence-corrected chi connectivity index (χ3v) is 4.30. The number of aliphatic imine (C=N–C) groups is 1. The molecule has 0 bridgehead atoms. The molecule has 0 amide bonds. The van der Waals surface area contributed by atoms with Crippen molar-refractivity contribution >= 4 is 29.9 Å². The maximum Gasteiger partial charge on any atom is 0.191 e. The standard InChI is InChI=1S/C18H35N5O.HI/c1-7-19-18(20-11-16(8-9-24)10-13(2)3)21-12-17-14(4)22-23(6)15(17)5;/h13,16,24H,7-12H2,1-6H3,(H2,19,20,21);1H. The van der Waals surface area contributed by atoms with Gasteiger partial charge < -0.3 is 15.7 Å². The van der Waals surface area contributed by atoms with Gasteiger partial charge in [-0.2, -0.15) is 5.10 Å². The summed E-state index contributed by atoms with van der Waals surface area (Å²) in [5, 5.41) is 20.4. The van der Waals surface area contributed by atoms with Crippen LogP contribution in [0.3, 0.4) is 0 Å². The number of guanidine groups is 1. The number of nitrogens with zero attached hydrogens (tertiary/aromatic N) is 3. The number of halogens is 1. The molecule has 0 aliphatic rings. The average Bonchev–Trinajstić information content (AvgIpc) is 2.75. The minimum atomic E-state index is 0. The maximum atomic E-state index is 9.25. The summed E-state index contributed by atoms with van der Waals surface area (Å²) >= 11 is 0. The SMILES string of the molecule is CCNC(=NCc1c(C)nn(C)c1C)NCC(CCO)CC(C)C.I. The summed E-state index contributed by atoms with van der Waals surface area (Å²) in [6.07, 6.45) is 1.93. The first kappa shape index (κ1) is 24.2. The van der Waals surface area contributed by atoms with Gasteiger partial charge >= 0.3 is 0 Å². The summed E-state index contributed by atoms with van der Waals surface area (Å²) < 4.78 is 1.90. The molecule has 1 atom stereocenters. The van der Waals surface area contributed by atoms with E-state index >= 15 is 0 Å². The number of aliphatic hydroxyl groups excluding tert-OH is 1. The lowest BCUT2D eigenvalue weighted by atomic mass is 9.94. The average molecular weight is 465 g/mol. The molecule has 0 radical (unpaired) electrons. The van der Waals surface area contributed by atoms with Crippen LogP contribution in [0.15, 0.2) is 4.99 Å². The highest BCUT2D eigenvalue weighted by atomic mass is 127. The third kappa shape index (κ3) is 8.40. The first-order valence-electron chi connectivity index (χ1n) is 9.01. The van der Waals surface area contributed by atoms with E-state index in [1.54, 1.807) is 0 Å². The van der Waals surface area contributed by atoms with Gasteiger partial charge in [0, 0.05) is 38.0 Å². The van der Waals surface area contributed by atoms with Gasteiger partial charge in [0.15, 0.2) is 5.96 Å². The minimum absolute atomic E-state index is 0. The topological polar surface area (TPSA) is 74.5 Å². The van der Waals surface area contributed by atoms with Crippen LogP contribution in [0.5, 0.6) is 0 Å². The van der Waals surface area contributed by atoms with Crippen LogP contribution >= 0.6 is 24.0 Å². The zero-order valence-electron chi connectivity index (χ0n) is 16.6. The highest BCUT2D eigenvalue weighted by Gasteiger charge is 2.12. The Labute approximate surface area is 169 Å². The number of aryl methyl sites for hydroxylation is 2. The van der Waals surface area contributed by atoms with Gasteiger partial charge in [-0.3, -0.25) is 4.68 Å². The van der Waals surface area contributed by atoms with E-state index in [4.69, 9.17) is 4.99 Å². The Morgan fingerprint density at radius 3 is 2.44 bits per heavy atom. The van der Waals surface area contributed by atoms with Crippen LogP contribution in [0, 0.1) is 25.7 Å². The molecule has 1 aromatic heterocycles. The van der Waals surface area contributed by atoms with Crippen molar-refractivity contribution in [2.24, 2.45) is 23.9 Å². The molecule has 0 aromatic carbocycles. The molecule has 1 rings (SSSR count). The number of nitrogens with one attached hydrogen (secondary N) is 2. The van der Waals surface area contributed by atoms with E-state index in [-0.39, 0.29) is 30.6 Å². The van der Waals surface area contributed by atoms with Crippen molar-refractivity contribution < 1.29 is 5.11 Å². The van der Waals surface area contributed by atoms with Crippen molar-refractivity contribution in [3.63, 3.8) is 0 Å². The zero-order valence-corrected chi connectivity index (χ0v) is 18.9. The van der Waals surface area contributed by atoms with Crippen molar-refractivity contribution in [3.05, 3.63) is 17.0 Å². The molecule has 0 fully saturated rings. The molecule has 0 saturated heterocycles. The fourth-order valence-electron chi connectivity index (χ4n) is 2.94. The largest absolute Gasteiger partial charge is 0.396 e. The third-order valence-electron chi connectivity index (χ3n) is 4.30. The maximum absolute atomic E-state index is 9.25. The van der Waals surface area contributed by atoms with E-state index in [9.17, 15) is 5.11 Å². The van der Waals surface area contributed by atoms with Crippen LogP contribution < -0.4 is 10.6 Å². The lowest BCUT2D eigenvalue weighted by Crippen LogP contribution is -2.40. The second kappa shape index (κ2) is 12.5. The summed E-state index contributed by atoms with van der Waals surface area (Å²) in [4.78, 5) is 4.71. The Balaban J connectivity index is 0.00000576. The molecule has 1 aromatic rings. The Hall–Kier alpha value is -0.830. The number of aliphatic hydroxyl groups is 1. The molecule has 0 saturated carbocycles. The monoisotopic (exact) mass is 465 g/mol. The molecule has 3 N–H and O–H groups in total. The molecule has 25 heavy (non-hydrogen) atoms. The minimum Gasteiger partial charge on any atom is -0.396 e. The second-order valence-corrected chi connectivity index (χ2v) is 6.86. The Morgan fingerprint density at radius 1 is 1.28 bits per heavy atom. The molecular formula is C18H36IN5O. The molecule has 1 heterocycles. The van der Waals surface area contributed by atoms with Gasteiger partial charge in [-0.1, -0.05) is 13.8 Å². The van der Waals surface area contributed by atoms with Gasteiger partial charge in [0.2, 0.25) is 0 Å². The number of aromatic nitrogens is 2. The van der Waals surface area contributed by atoms with Gasteiger partial charge in [-0.05, 0) is 45.4 Å². The van der Waals surface area contributed by atoms with Gasteiger partial charge in [0.05, 0.1) is 12.2 Å². The van der Waals surface area contributed by atoms with Gasteiger partial charge in [0.25, 0.3) is 0 Å². The van der Waals surface area contributed by atoms with Crippen LogP contribution in [0.4, 0.5) is 0 Å². The molecule has 0 aliphatic heterocycles. The van der Waals surface area contributed by atoms with E-state index in [1.807, 2.05) is 18.7 Å². The molecule has 0 aliphatic carbocycles. The van der Waals surface area contributed by atoms with Gasteiger partial charge in [-0.25, -0.2) is 4.99 Å². The highest BCUT2D eigenvalue weighted by Crippen LogP contribution is 2.15. The fourth-order valence-corrected chi connectivity index (χ4v) is 2.94. The normalized spacial score (nSPS) is 12.9. The van der Waals surface area contributed by atoms with Crippen molar-refractivity contribution in [2.75, 3.05) is 19.7 Å². The summed E-state index contributed by atoms with van der Waals surface area (Å²) in [7, 11) is 1.96. The van der Waals surface area contributed by atoms with Gasteiger partial charge in [0.1, 0.15) is 0 Å². The van der Waals surface area contributed by atoms with Crippen LogP contribution in [-0.4, -0.2) is 40.5 Å². The van der Waals surface area contributed by atoms with Crippen molar-refractivity contribution in [1.82, 2.24) is 20.4 Å². The van der Waals surface area contributed by atoms with Crippen LogP contribution in [0.25, 0.3) is 0 Å². The van der Waals surface area contributed by atoms with E-state index < -0.39 is 0 Å². The second-order valence-electron chi connectivity index (χ2n) is 6.86. The number of hydrogen-bond acceptors (Lipinski definition) is 3. The quantitative estimate of drug-likeness (QED) is 0.298. The molecule has 1 unspecified atom stereocenters. The van der Waals surface area contributed by atoms with Crippen molar-refractivity contribution in [3.8, 4) is 0 Å². The smallest absolute Gasteiger partial charge is 0.191 e. The van der Waals surface area contributed by atoms with Crippen LogP contribution in [0.1, 0.15) is 50.6 Å². The lowest BCUT2D eigenvalue weighted by molar-refractivity contribution is 0.243. The first-order valence-corrected chi connectivity index (χ1v) is 9.01. The molecule has 6 nitrogen and oxygen atoms in total. The molecule has 146 valence electrons. The first-order chi connectivity index (χ1) is 11.4. The van der Waals surface area contributed by atoms with E-state index in [0.717, 1.165) is 43.3 Å². The Morgan fingerprint density at radius 2 is 1.96 bits per heavy atom. The fraction of sp³-hybridized carbons (Fsp3) is 0.778. The highest BCUT2D eigenvalue weighted by molar-refractivity contribution is 14.0. The van der Waals surface area contributed by atoms with Crippen molar-refractivity contribution in [1.29, 1.82) is 0 Å². The molecule has 0 spiro atoms. The summed E-state index contributed by atoms with van der Waals surface area (Å²) in [6.45, 7) is 13.1. The predicted molar refractivity (Wildman–Crippen MR) is 116 cm³/mol. The predicted octanol–water partition coefficient (Wildman–Crippen LogP) is 2.75. The summed E-state index contributed by atoms with van der Waals surface area (Å²) in [6, 6.07) is 0. The van der Waals surface area contributed by atoms with E-state index in [2.05, 4.69) is 43.4 Å². The van der Waals surface area contributed by atoms with Gasteiger partial charge in [-0.15, -0.1) is 24.0 Å². The van der Waals surface area contributed by atoms with Crippen LogP contribution in [0.2, 0.25) is 0 Å². The molecular weight excluding hydrogens is 429 g/mol. The van der Waals surface area contributed by atoms with Crippen LogP contribution in [-0.2, 0) is 13.6 Å². The van der Waals surface area contributed by atoms with Crippen molar-refractivity contribution in [2.45, 2.75) is 54.0 Å². The van der Waals surface area contributed by atoms with E-state index in [0.29, 0.717) is 18.4 Å². The number of hydrogen-bond donors (Lipinski definition) is 3. The summed E-state index contributed by atoms with van der Waals surface area (Å²) in [5.74, 6) is 1.91. The Kier molecular flexibility index (Phi) is 12.1. The molecule has 7 heteroatoms.